The van der Waals surface area contributed by atoms with E-state index in [-0.39, 0.29) is 0 Å². The average molecular weight is 612 g/mol. The quantitative estimate of drug-likeness (QED) is 0.233. The molecule has 1 aromatic heterocycles. The van der Waals surface area contributed by atoms with Crippen LogP contribution in [-0.2, 0) is 0 Å². The van der Waals surface area contributed by atoms with E-state index in [4.69, 9.17) is 30.8 Å². The number of piperidine rings is 1. The van der Waals surface area contributed by atoms with Gasteiger partial charge in [-0.15, -0.1) is 0 Å². The highest BCUT2D eigenvalue weighted by molar-refractivity contribution is 7.99. The monoisotopic (exact) mass is 611 g/mol. The van der Waals surface area contributed by atoms with Crippen LogP contribution < -0.4 is 34.5 Å². The Kier molecular flexibility index (Phi) is 8.87. The Labute approximate surface area is 256 Å². The number of halogens is 1. The van der Waals surface area contributed by atoms with Crippen LogP contribution >= 0.6 is 23.5 Å². The first kappa shape index (κ1) is 28.8. The number of rotatable bonds is 9. The third kappa shape index (κ3) is 6.09. The fourth-order valence-electron chi connectivity index (χ4n) is 6.05. The number of benzene rings is 2. The van der Waals surface area contributed by atoms with Gasteiger partial charge in [0.25, 0.3) is 0 Å². The number of likely N-dealkylation sites (tertiary alicyclic amines) is 1. The van der Waals surface area contributed by atoms with E-state index in [0.29, 0.717) is 47.5 Å². The highest BCUT2D eigenvalue weighted by Crippen LogP contribution is 2.45. The molecule has 0 amide bonds. The summed E-state index contributed by atoms with van der Waals surface area (Å²) in [6, 6.07) is 8.73. The smallest absolute Gasteiger partial charge is 0.229 e. The molecule has 6 rings (SSSR count). The van der Waals surface area contributed by atoms with Gasteiger partial charge in [0.05, 0.1) is 24.7 Å². The van der Waals surface area contributed by atoms with Crippen molar-refractivity contribution in [3.63, 3.8) is 0 Å². The number of nitrogens with zero attached hydrogens (tertiary/aromatic N) is 4. The first-order valence-electron chi connectivity index (χ1n) is 14.5. The predicted octanol–water partition coefficient (Wildman–Crippen LogP) is 6.46. The lowest BCUT2D eigenvalue weighted by Crippen LogP contribution is -2.44. The Bertz CT molecular complexity index is 1410. The molecule has 2 aromatic carbocycles. The summed E-state index contributed by atoms with van der Waals surface area (Å²) in [7, 11) is 1.69. The molecule has 0 unspecified atom stereocenters. The summed E-state index contributed by atoms with van der Waals surface area (Å²) in [6.07, 6.45) is 8.62. The topological polar surface area (TPSA) is 96.0 Å². The highest BCUT2D eigenvalue weighted by Gasteiger charge is 2.27. The van der Waals surface area contributed by atoms with Crippen molar-refractivity contribution < 1.29 is 14.2 Å². The van der Waals surface area contributed by atoms with Gasteiger partial charge in [-0.3, -0.25) is 0 Å². The van der Waals surface area contributed by atoms with E-state index in [1.165, 1.54) is 62.0 Å². The number of hydrogen-bond donors (Lipinski definition) is 3. The number of fused-ring (bicyclic) bond motifs is 1. The third-order valence-electron chi connectivity index (χ3n) is 8.14. The summed E-state index contributed by atoms with van der Waals surface area (Å²) in [6.45, 7) is 7.78. The molecule has 0 radical (unpaired) electrons. The average Bonchev–Trinajstić information content (AvgIpc) is 3.56. The van der Waals surface area contributed by atoms with Gasteiger partial charge in [0.1, 0.15) is 29.7 Å². The van der Waals surface area contributed by atoms with Crippen molar-refractivity contribution in [3.8, 4) is 17.2 Å². The summed E-state index contributed by atoms with van der Waals surface area (Å²) in [5.74, 6) is 2.95. The van der Waals surface area contributed by atoms with Crippen molar-refractivity contribution >= 4 is 58.1 Å². The van der Waals surface area contributed by atoms with E-state index in [0.717, 1.165) is 35.9 Å². The molecule has 0 bridgehead atoms. The van der Waals surface area contributed by atoms with E-state index < -0.39 is 0 Å². The summed E-state index contributed by atoms with van der Waals surface area (Å²) in [5.41, 5.74) is 4.70. The predicted molar refractivity (Wildman–Crippen MR) is 172 cm³/mol. The molecule has 3 N–H and O–H groups in total. The van der Waals surface area contributed by atoms with E-state index in [1.54, 1.807) is 13.3 Å². The van der Waals surface area contributed by atoms with Gasteiger partial charge in [-0.1, -0.05) is 23.5 Å². The van der Waals surface area contributed by atoms with Gasteiger partial charge in [-0.25, -0.2) is 4.98 Å². The molecule has 10 nitrogen and oxygen atoms in total. The number of methoxy groups -OCH3 is 1. The fraction of sp³-hybridized carbons (Fsp3) is 0.467. The lowest BCUT2D eigenvalue weighted by molar-refractivity contribution is 0.173. The molecule has 42 heavy (non-hydrogen) atoms. The molecule has 0 spiro atoms. The maximum atomic E-state index is 6.53. The van der Waals surface area contributed by atoms with Gasteiger partial charge in [0, 0.05) is 37.1 Å². The zero-order valence-electron chi connectivity index (χ0n) is 24.3. The van der Waals surface area contributed by atoms with Crippen molar-refractivity contribution in [3.05, 3.63) is 41.0 Å². The van der Waals surface area contributed by atoms with Gasteiger partial charge in [0.15, 0.2) is 17.3 Å². The van der Waals surface area contributed by atoms with Crippen molar-refractivity contribution in [2.75, 3.05) is 73.0 Å². The second-order valence-corrected chi connectivity index (χ2v) is 11.8. The van der Waals surface area contributed by atoms with Gasteiger partial charge in [-0.2, -0.15) is 4.98 Å². The van der Waals surface area contributed by atoms with Crippen LogP contribution in [0.25, 0.3) is 0 Å². The zero-order valence-corrected chi connectivity index (χ0v) is 25.9. The number of nitrogens with one attached hydrogen (secondary N) is 3. The Morgan fingerprint density at radius 3 is 2.57 bits per heavy atom. The second kappa shape index (κ2) is 12.9. The molecule has 0 saturated carbocycles. The molecule has 0 aliphatic carbocycles. The van der Waals surface area contributed by atoms with Crippen molar-refractivity contribution in [1.29, 1.82) is 0 Å². The molecule has 2 saturated heterocycles. The van der Waals surface area contributed by atoms with Gasteiger partial charge in [0.2, 0.25) is 5.95 Å². The molecule has 3 aromatic rings. The van der Waals surface area contributed by atoms with Crippen LogP contribution in [0.4, 0.5) is 34.5 Å². The number of aryl methyl sites for hydroxylation is 1. The van der Waals surface area contributed by atoms with Gasteiger partial charge in [-0.05, 0) is 69.5 Å². The van der Waals surface area contributed by atoms with Crippen LogP contribution in [0.3, 0.4) is 0 Å². The summed E-state index contributed by atoms with van der Waals surface area (Å²) < 4.78 is 20.8. The van der Waals surface area contributed by atoms with Crippen molar-refractivity contribution in [2.24, 2.45) is 0 Å². The Hall–Kier alpha value is -3.28. The van der Waals surface area contributed by atoms with Crippen molar-refractivity contribution in [1.82, 2.24) is 14.9 Å². The fourth-order valence-corrected chi connectivity index (χ4v) is 6.59. The molecule has 3 aliphatic rings. The van der Waals surface area contributed by atoms with Crippen LogP contribution in [0, 0.1) is 6.92 Å². The van der Waals surface area contributed by atoms with E-state index in [2.05, 4.69) is 49.2 Å². The third-order valence-corrected chi connectivity index (χ3v) is 8.82. The maximum Gasteiger partial charge on any atom is 0.229 e. The standard InChI is InChI=1S/C30H38ClN7O3S/c1-19-16-23(26(39-2)17-24(19)38-12-8-20(9-13-38)37-10-4-5-11-37)34-30-32-18-21(31)29(35-30)33-22-6-7-25-28(27(22)36-42-3)41-15-14-40-25/h6-7,16-18,20,36H,4-5,8-15H2,1-3H3,(H2,32,33,34,35). The normalized spacial score (nSPS) is 17.3. The lowest BCUT2D eigenvalue weighted by Gasteiger charge is -2.38. The molecular formula is C30H38ClN7O3S. The minimum absolute atomic E-state index is 0.390. The molecule has 12 heteroatoms. The molecule has 0 atom stereocenters. The van der Waals surface area contributed by atoms with Crippen LogP contribution in [-0.4, -0.2) is 73.7 Å². The van der Waals surface area contributed by atoms with Crippen LogP contribution in [0.5, 0.6) is 17.2 Å². The van der Waals surface area contributed by atoms with Gasteiger partial charge < -0.3 is 39.4 Å². The zero-order chi connectivity index (χ0) is 29.1. The highest BCUT2D eigenvalue weighted by atomic mass is 35.5. The summed E-state index contributed by atoms with van der Waals surface area (Å²) in [4.78, 5) is 14.3. The molecule has 4 heterocycles. The first-order chi connectivity index (χ1) is 20.5. The van der Waals surface area contributed by atoms with Crippen molar-refractivity contribution in [2.45, 2.75) is 38.6 Å². The van der Waals surface area contributed by atoms with Crippen LogP contribution in [0.1, 0.15) is 31.2 Å². The Morgan fingerprint density at radius 1 is 1.02 bits per heavy atom. The number of hydrogen-bond acceptors (Lipinski definition) is 11. The Morgan fingerprint density at radius 2 is 1.81 bits per heavy atom. The first-order valence-corrected chi connectivity index (χ1v) is 16.1. The van der Waals surface area contributed by atoms with Gasteiger partial charge >= 0.3 is 0 Å². The van der Waals surface area contributed by atoms with Crippen LogP contribution in [0.2, 0.25) is 5.02 Å². The maximum absolute atomic E-state index is 6.53. The number of ether oxygens (including phenoxy) is 3. The van der Waals surface area contributed by atoms with Crippen LogP contribution in [0.15, 0.2) is 30.5 Å². The van der Waals surface area contributed by atoms with E-state index in [9.17, 15) is 0 Å². The largest absolute Gasteiger partial charge is 0.494 e. The molecular weight excluding hydrogens is 574 g/mol. The summed E-state index contributed by atoms with van der Waals surface area (Å²) in [5, 5.41) is 7.08. The van der Waals surface area contributed by atoms with E-state index in [1.807, 2.05) is 18.4 Å². The lowest BCUT2D eigenvalue weighted by atomic mass is 10.0. The molecule has 2 fully saturated rings. The Balaban J connectivity index is 1.20. The SMILES string of the molecule is COc1cc(N2CCC(N3CCCC3)CC2)c(C)cc1Nc1ncc(Cl)c(Nc2ccc3c(c2NSC)OCCO3)n1. The summed E-state index contributed by atoms with van der Waals surface area (Å²) >= 11 is 7.99. The minimum atomic E-state index is 0.390. The minimum Gasteiger partial charge on any atom is -0.494 e. The van der Waals surface area contributed by atoms with E-state index >= 15 is 0 Å². The second-order valence-electron chi connectivity index (χ2n) is 10.8. The molecule has 224 valence electrons. The molecule has 3 aliphatic heterocycles. The number of anilines is 6. The number of aromatic nitrogens is 2.